The zero-order chi connectivity index (χ0) is 2.71. The van der Waals surface area contributed by atoms with Crippen molar-refractivity contribution in [3.8, 4) is 0 Å². The zero-order valence-electron chi connectivity index (χ0n) is 1.57. The highest BCUT2D eigenvalue weighted by atomic mass is 79.9. The van der Waals surface area contributed by atoms with Gasteiger partial charge in [0.15, 0.2) is 0 Å². The molecule has 0 radical (unpaired) electrons. The van der Waals surface area contributed by atoms with Crippen LogP contribution in [0.15, 0.2) is 0 Å². The van der Waals surface area contributed by atoms with E-state index in [1.54, 1.807) is 0 Å². The molecule has 0 saturated carbocycles. The van der Waals surface area contributed by atoms with Crippen molar-refractivity contribution in [1.29, 1.82) is 0 Å². The molecule has 0 saturated heterocycles. The van der Waals surface area contributed by atoms with Crippen LogP contribution in [-0.4, -0.2) is 0 Å². The number of rotatable bonds is 0. The van der Waals surface area contributed by atoms with Crippen LogP contribution in [0.5, 0.6) is 0 Å². The number of hydrogen-bond acceptors (Lipinski definition) is 1. The SMILES string of the molecule is Br.BrOBr. The fourth-order valence-electron chi connectivity index (χ4n) is 0. The molecule has 0 aliphatic rings. The maximum absolute atomic E-state index is 3.88. The van der Waals surface area contributed by atoms with E-state index in [0.717, 1.165) is 0 Å². The Morgan fingerprint density at radius 3 is 1.25 bits per heavy atom. The van der Waals surface area contributed by atoms with Crippen molar-refractivity contribution >= 4 is 49.5 Å². The van der Waals surface area contributed by atoms with Crippen LogP contribution < -0.4 is 0 Å². The minimum Gasteiger partial charge on any atom is -0.230 e. The maximum atomic E-state index is 3.88. The van der Waals surface area contributed by atoms with Crippen LogP contribution in [0.25, 0.3) is 0 Å². The second kappa shape index (κ2) is 8.83. The first-order valence-corrected chi connectivity index (χ1v) is 1.60. The average molecular weight is 257 g/mol. The van der Waals surface area contributed by atoms with Crippen LogP contribution >= 0.6 is 49.5 Å². The molecule has 0 spiro atoms. The van der Waals surface area contributed by atoms with Gasteiger partial charge in [0, 0.05) is 0 Å². The lowest BCUT2D eigenvalue weighted by atomic mass is 16.0. The van der Waals surface area contributed by atoms with Gasteiger partial charge in [-0.05, 0) is 0 Å². The summed E-state index contributed by atoms with van der Waals surface area (Å²) in [5.74, 6) is 0. The zero-order valence-corrected chi connectivity index (χ0v) is 6.46. The molecule has 0 fully saturated rings. The highest BCUT2D eigenvalue weighted by molar-refractivity contribution is 9.18. The summed E-state index contributed by atoms with van der Waals surface area (Å²) >= 11 is 5.12. The molecule has 0 aliphatic heterocycles. The standard InChI is InChI=1S/Br2O.BrH/c1-3-2;/h;1H. The first-order chi connectivity index (χ1) is 1.41. The van der Waals surface area contributed by atoms with Gasteiger partial charge in [0.05, 0.1) is 0 Å². The molecule has 0 amide bonds. The molecule has 0 bridgehead atoms. The van der Waals surface area contributed by atoms with Crippen LogP contribution in [-0.2, 0) is 2.92 Å². The molecule has 0 aromatic rings. The van der Waals surface area contributed by atoms with E-state index in [1.165, 1.54) is 0 Å². The second-order valence-corrected chi connectivity index (χ2v) is 1.57. The molecule has 4 heavy (non-hydrogen) atoms. The molecule has 0 heterocycles. The lowest BCUT2D eigenvalue weighted by Gasteiger charge is -1.48. The molecule has 0 atom stereocenters. The Morgan fingerprint density at radius 2 is 1.25 bits per heavy atom. The van der Waals surface area contributed by atoms with Crippen LogP contribution in [0.3, 0.4) is 0 Å². The van der Waals surface area contributed by atoms with E-state index in [2.05, 4.69) is 35.4 Å². The summed E-state index contributed by atoms with van der Waals surface area (Å²) in [6.45, 7) is 0. The van der Waals surface area contributed by atoms with Crippen molar-refractivity contribution in [2.24, 2.45) is 0 Å². The first-order valence-electron chi connectivity index (χ1n) is 0.309. The van der Waals surface area contributed by atoms with E-state index in [4.69, 9.17) is 0 Å². The molecule has 28 valence electrons. The molecule has 0 rings (SSSR count). The van der Waals surface area contributed by atoms with Crippen LogP contribution in [0.2, 0.25) is 0 Å². The Hall–Kier alpha value is 1.40. The van der Waals surface area contributed by atoms with Crippen molar-refractivity contribution in [3.05, 3.63) is 0 Å². The minimum absolute atomic E-state index is 0. The van der Waals surface area contributed by atoms with Gasteiger partial charge >= 0.3 is 0 Å². The van der Waals surface area contributed by atoms with E-state index >= 15 is 0 Å². The average Bonchev–Trinajstić information content (AvgIpc) is 0.918. The largest absolute Gasteiger partial charge is 0.230 e. The van der Waals surface area contributed by atoms with Crippen LogP contribution in [0.4, 0.5) is 0 Å². The third-order valence-electron chi connectivity index (χ3n) is 0. The molecule has 0 aromatic heterocycles. The van der Waals surface area contributed by atoms with Gasteiger partial charge in [0.1, 0.15) is 32.5 Å². The summed E-state index contributed by atoms with van der Waals surface area (Å²) in [6, 6.07) is 0. The molecule has 0 aromatic carbocycles. The normalized spacial score (nSPS) is 4.50. The Bertz CT molecular complexity index is 3.25. The molecule has 0 aliphatic carbocycles. The van der Waals surface area contributed by atoms with Crippen molar-refractivity contribution in [3.63, 3.8) is 0 Å². The van der Waals surface area contributed by atoms with Crippen molar-refractivity contribution < 1.29 is 2.92 Å². The van der Waals surface area contributed by atoms with Crippen molar-refractivity contribution in [2.45, 2.75) is 0 Å². The van der Waals surface area contributed by atoms with Crippen molar-refractivity contribution in [2.75, 3.05) is 0 Å². The summed E-state index contributed by atoms with van der Waals surface area (Å²) in [4.78, 5) is 0. The molecule has 0 unspecified atom stereocenters. The third-order valence-corrected chi connectivity index (χ3v) is 0. The molecule has 0 N–H and O–H groups in total. The van der Waals surface area contributed by atoms with Crippen LogP contribution in [0.1, 0.15) is 0 Å². The quantitative estimate of drug-likeness (QED) is 0.646. The monoisotopic (exact) mass is 254 g/mol. The summed E-state index contributed by atoms with van der Waals surface area (Å²) < 4.78 is 3.88. The minimum atomic E-state index is 0. The lowest BCUT2D eigenvalue weighted by Crippen LogP contribution is -1.10. The Balaban J connectivity index is 0. The summed E-state index contributed by atoms with van der Waals surface area (Å²) in [6.07, 6.45) is 0. The van der Waals surface area contributed by atoms with Crippen molar-refractivity contribution in [1.82, 2.24) is 0 Å². The van der Waals surface area contributed by atoms with E-state index in [-0.39, 0.29) is 17.0 Å². The molecule has 1 nitrogen and oxygen atoms in total. The van der Waals surface area contributed by atoms with Gasteiger partial charge in [-0.3, -0.25) is 0 Å². The van der Waals surface area contributed by atoms with Gasteiger partial charge in [-0.1, -0.05) is 0 Å². The van der Waals surface area contributed by atoms with Crippen LogP contribution in [0, 0.1) is 0 Å². The summed E-state index contributed by atoms with van der Waals surface area (Å²) in [7, 11) is 0. The van der Waals surface area contributed by atoms with Gasteiger partial charge < -0.3 is 0 Å². The molecule has 4 heteroatoms. The summed E-state index contributed by atoms with van der Waals surface area (Å²) in [5, 5.41) is 0. The number of hydrogen-bond donors (Lipinski definition) is 0. The Kier molecular flexibility index (Phi) is 20.0. The lowest BCUT2D eigenvalue weighted by molar-refractivity contribution is 0.838. The highest BCUT2D eigenvalue weighted by Crippen LogP contribution is 1.88. The van der Waals surface area contributed by atoms with E-state index < -0.39 is 0 Å². The number of halogens is 3. The fourth-order valence-corrected chi connectivity index (χ4v) is 0. The third kappa shape index (κ3) is 9.99. The van der Waals surface area contributed by atoms with E-state index in [0.29, 0.717) is 0 Å². The first kappa shape index (κ1) is 9.04. The summed E-state index contributed by atoms with van der Waals surface area (Å²) in [5.41, 5.74) is 0. The van der Waals surface area contributed by atoms with Gasteiger partial charge in [-0.2, -0.15) is 0 Å². The van der Waals surface area contributed by atoms with E-state index in [1.807, 2.05) is 0 Å². The Morgan fingerprint density at radius 1 is 1.25 bits per heavy atom. The van der Waals surface area contributed by atoms with Gasteiger partial charge in [0.2, 0.25) is 0 Å². The maximum Gasteiger partial charge on any atom is 0.115 e. The highest BCUT2D eigenvalue weighted by Gasteiger charge is 1.37. The topological polar surface area (TPSA) is 9.23 Å². The van der Waals surface area contributed by atoms with E-state index in [9.17, 15) is 0 Å². The fraction of sp³-hybridized carbons (Fsp3) is 0. The molecular formula is HBr3O. The smallest absolute Gasteiger partial charge is 0.115 e. The molecular weight excluding hydrogens is 256 g/mol. The Labute approximate surface area is 52.4 Å². The van der Waals surface area contributed by atoms with Gasteiger partial charge in [-0.25, -0.2) is 2.92 Å². The predicted octanol–water partition coefficient (Wildman–Crippen LogP) is 2.20. The second-order valence-electron chi connectivity index (χ2n) is 0.0583. The van der Waals surface area contributed by atoms with Gasteiger partial charge in [0.25, 0.3) is 0 Å². The predicted molar refractivity (Wildman–Crippen MR) is 29.3 cm³/mol. The van der Waals surface area contributed by atoms with Gasteiger partial charge in [-0.15, -0.1) is 17.0 Å².